The van der Waals surface area contributed by atoms with Crippen LogP contribution < -0.4 is 15.8 Å². The Kier molecular flexibility index (Phi) is 3.88. The van der Waals surface area contributed by atoms with Gasteiger partial charge < -0.3 is 15.8 Å². The first kappa shape index (κ1) is 13.3. The lowest BCUT2D eigenvalue weighted by Gasteiger charge is -2.09. The fourth-order valence-electron chi connectivity index (χ4n) is 1.91. The molecule has 1 aromatic carbocycles. The summed E-state index contributed by atoms with van der Waals surface area (Å²) < 4.78 is 5.50. The van der Waals surface area contributed by atoms with E-state index in [1.807, 2.05) is 36.4 Å². The Bertz CT molecular complexity index is 747. The maximum absolute atomic E-state index is 5.50. The summed E-state index contributed by atoms with van der Waals surface area (Å²) in [5, 5.41) is 3.22. The monoisotopic (exact) mass is 281 g/mol. The number of benzene rings is 1. The summed E-state index contributed by atoms with van der Waals surface area (Å²) in [4.78, 5) is 12.8. The van der Waals surface area contributed by atoms with Gasteiger partial charge in [-0.3, -0.25) is 4.98 Å². The summed E-state index contributed by atoms with van der Waals surface area (Å²) >= 11 is 0. The Labute approximate surface area is 122 Å². The molecule has 0 aliphatic carbocycles. The molecule has 0 bridgehead atoms. The van der Waals surface area contributed by atoms with Crippen LogP contribution in [0.15, 0.2) is 48.8 Å². The van der Waals surface area contributed by atoms with Gasteiger partial charge in [-0.05, 0) is 24.3 Å². The predicted molar refractivity (Wildman–Crippen MR) is 81.6 cm³/mol. The Morgan fingerprint density at radius 3 is 2.90 bits per heavy atom. The van der Waals surface area contributed by atoms with Crippen molar-refractivity contribution in [2.45, 2.75) is 0 Å². The highest BCUT2D eigenvalue weighted by molar-refractivity contribution is 5.73. The molecule has 0 radical (unpaired) electrons. The van der Waals surface area contributed by atoms with Crippen molar-refractivity contribution in [3.05, 3.63) is 48.8 Å². The zero-order valence-corrected chi connectivity index (χ0v) is 11.4. The third-order valence-electron chi connectivity index (χ3n) is 2.82. The molecule has 3 aromatic rings. The van der Waals surface area contributed by atoms with Crippen LogP contribution in [-0.2, 0) is 0 Å². The van der Waals surface area contributed by atoms with Crippen molar-refractivity contribution in [1.82, 2.24) is 15.0 Å². The molecule has 0 amide bonds. The second-order valence-corrected chi connectivity index (χ2v) is 4.39. The van der Waals surface area contributed by atoms with Crippen LogP contribution in [0, 0.1) is 0 Å². The van der Waals surface area contributed by atoms with Gasteiger partial charge in [0.05, 0.1) is 0 Å². The molecular weight excluding hydrogens is 266 g/mol. The van der Waals surface area contributed by atoms with Gasteiger partial charge in [-0.25, -0.2) is 9.97 Å². The van der Waals surface area contributed by atoms with Gasteiger partial charge in [0.25, 0.3) is 0 Å². The average Bonchev–Trinajstić information content (AvgIpc) is 2.53. The average molecular weight is 281 g/mol. The van der Waals surface area contributed by atoms with Crippen LogP contribution in [0.2, 0.25) is 0 Å². The fourth-order valence-corrected chi connectivity index (χ4v) is 1.91. The summed E-state index contributed by atoms with van der Waals surface area (Å²) in [6, 6.07) is 11.4. The molecule has 0 fully saturated rings. The standard InChI is InChI=1S/C15H15N5O/c16-6-9-21-12-3-1-2-11(10-12)19-14-5-4-13-15(20-14)18-8-7-17-13/h1-5,7-8,10H,6,9,16H2,(H,18,19,20). The third-order valence-corrected chi connectivity index (χ3v) is 2.82. The third kappa shape index (κ3) is 3.24. The van der Waals surface area contributed by atoms with Gasteiger partial charge in [-0.2, -0.15) is 0 Å². The lowest BCUT2D eigenvalue weighted by Crippen LogP contribution is -2.10. The minimum atomic E-state index is 0.489. The first-order chi connectivity index (χ1) is 10.3. The summed E-state index contributed by atoms with van der Waals surface area (Å²) in [5.41, 5.74) is 7.69. The van der Waals surface area contributed by atoms with E-state index >= 15 is 0 Å². The molecule has 2 aromatic heterocycles. The number of ether oxygens (including phenoxy) is 1. The number of aromatic nitrogens is 3. The van der Waals surface area contributed by atoms with E-state index in [0.717, 1.165) is 17.0 Å². The molecule has 0 atom stereocenters. The van der Waals surface area contributed by atoms with E-state index in [-0.39, 0.29) is 0 Å². The summed E-state index contributed by atoms with van der Waals surface area (Å²) in [7, 11) is 0. The molecule has 6 heteroatoms. The van der Waals surface area contributed by atoms with E-state index in [4.69, 9.17) is 10.5 Å². The van der Waals surface area contributed by atoms with E-state index in [1.54, 1.807) is 12.4 Å². The highest BCUT2D eigenvalue weighted by atomic mass is 16.5. The van der Waals surface area contributed by atoms with E-state index < -0.39 is 0 Å². The summed E-state index contributed by atoms with van der Waals surface area (Å²) in [6.45, 7) is 0.982. The molecule has 0 aliphatic heterocycles. The number of anilines is 2. The zero-order chi connectivity index (χ0) is 14.5. The number of hydrogen-bond donors (Lipinski definition) is 2. The molecule has 3 rings (SSSR count). The van der Waals surface area contributed by atoms with Gasteiger partial charge in [0, 0.05) is 30.7 Å². The van der Waals surface area contributed by atoms with Crippen molar-refractivity contribution in [1.29, 1.82) is 0 Å². The summed E-state index contributed by atoms with van der Waals surface area (Å²) in [6.07, 6.45) is 3.27. The lowest BCUT2D eigenvalue weighted by atomic mass is 10.3. The smallest absolute Gasteiger partial charge is 0.180 e. The highest BCUT2D eigenvalue weighted by Crippen LogP contribution is 2.21. The van der Waals surface area contributed by atoms with Crippen molar-refractivity contribution >= 4 is 22.7 Å². The number of pyridine rings is 1. The topological polar surface area (TPSA) is 86.0 Å². The van der Waals surface area contributed by atoms with Gasteiger partial charge in [0.15, 0.2) is 5.65 Å². The molecular formula is C15H15N5O. The van der Waals surface area contributed by atoms with Crippen LogP contribution in [0.5, 0.6) is 5.75 Å². The second kappa shape index (κ2) is 6.15. The Balaban J connectivity index is 1.81. The molecule has 0 unspecified atom stereocenters. The van der Waals surface area contributed by atoms with Gasteiger partial charge >= 0.3 is 0 Å². The molecule has 3 N–H and O–H groups in total. The Morgan fingerprint density at radius 1 is 1.10 bits per heavy atom. The number of rotatable bonds is 5. The number of nitrogens with one attached hydrogen (secondary N) is 1. The van der Waals surface area contributed by atoms with Crippen LogP contribution in [0.1, 0.15) is 0 Å². The van der Waals surface area contributed by atoms with Crippen molar-refractivity contribution in [3.8, 4) is 5.75 Å². The van der Waals surface area contributed by atoms with Crippen molar-refractivity contribution in [2.24, 2.45) is 5.73 Å². The Morgan fingerprint density at radius 2 is 2.00 bits per heavy atom. The van der Waals surface area contributed by atoms with Crippen LogP contribution in [-0.4, -0.2) is 28.1 Å². The quantitative estimate of drug-likeness (QED) is 0.745. The fraction of sp³-hybridized carbons (Fsp3) is 0.133. The molecule has 0 aliphatic rings. The number of nitrogens with two attached hydrogens (primary N) is 1. The minimum Gasteiger partial charge on any atom is -0.492 e. The molecule has 106 valence electrons. The largest absolute Gasteiger partial charge is 0.492 e. The maximum Gasteiger partial charge on any atom is 0.180 e. The van der Waals surface area contributed by atoms with Crippen LogP contribution in [0.25, 0.3) is 11.2 Å². The Hall–Kier alpha value is -2.73. The van der Waals surface area contributed by atoms with Crippen LogP contribution in [0.3, 0.4) is 0 Å². The zero-order valence-electron chi connectivity index (χ0n) is 11.4. The predicted octanol–water partition coefficient (Wildman–Crippen LogP) is 2.11. The van der Waals surface area contributed by atoms with Crippen LogP contribution in [0.4, 0.5) is 11.5 Å². The highest BCUT2D eigenvalue weighted by Gasteiger charge is 2.01. The second-order valence-electron chi connectivity index (χ2n) is 4.39. The normalized spacial score (nSPS) is 10.5. The first-order valence-electron chi connectivity index (χ1n) is 6.63. The van der Waals surface area contributed by atoms with Gasteiger partial charge in [0.1, 0.15) is 23.7 Å². The lowest BCUT2D eigenvalue weighted by molar-refractivity contribution is 0.328. The number of hydrogen-bond acceptors (Lipinski definition) is 6. The number of fused-ring (bicyclic) bond motifs is 1. The molecule has 0 spiro atoms. The molecule has 0 saturated carbocycles. The van der Waals surface area contributed by atoms with E-state index in [1.165, 1.54) is 0 Å². The van der Waals surface area contributed by atoms with Crippen molar-refractivity contribution in [3.63, 3.8) is 0 Å². The van der Waals surface area contributed by atoms with Gasteiger partial charge in [-0.15, -0.1) is 0 Å². The summed E-state index contributed by atoms with van der Waals surface area (Å²) in [5.74, 6) is 1.48. The molecule has 0 saturated heterocycles. The van der Waals surface area contributed by atoms with E-state index in [9.17, 15) is 0 Å². The minimum absolute atomic E-state index is 0.489. The molecule has 21 heavy (non-hydrogen) atoms. The SMILES string of the molecule is NCCOc1cccc(Nc2ccc3nccnc3n2)c1. The van der Waals surface area contributed by atoms with E-state index in [0.29, 0.717) is 24.6 Å². The van der Waals surface area contributed by atoms with Gasteiger partial charge in [0.2, 0.25) is 0 Å². The maximum atomic E-state index is 5.50. The van der Waals surface area contributed by atoms with Crippen molar-refractivity contribution in [2.75, 3.05) is 18.5 Å². The van der Waals surface area contributed by atoms with E-state index in [2.05, 4.69) is 20.3 Å². The first-order valence-corrected chi connectivity index (χ1v) is 6.63. The molecule has 2 heterocycles. The van der Waals surface area contributed by atoms with Crippen molar-refractivity contribution < 1.29 is 4.74 Å². The molecule has 6 nitrogen and oxygen atoms in total. The van der Waals surface area contributed by atoms with Gasteiger partial charge in [-0.1, -0.05) is 6.07 Å². The number of nitrogens with zero attached hydrogens (tertiary/aromatic N) is 3. The van der Waals surface area contributed by atoms with Crippen LogP contribution >= 0.6 is 0 Å².